The Hall–Kier alpha value is -0.160. The van der Waals surface area contributed by atoms with Crippen LogP contribution in [-0.2, 0) is 4.74 Å². The third-order valence-electron chi connectivity index (χ3n) is 2.17. The van der Waals surface area contributed by atoms with Crippen LogP contribution >= 0.6 is 0 Å². The van der Waals surface area contributed by atoms with E-state index >= 15 is 0 Å². The number of nitrogens with zero attached hydrogens (tertiary/aromatic N) is 1. The molecule has 4 heteroatoms. The molecule has 0 bridgehead atoms. The minimum Gasteiger partial charge on any atom is -0.352 e. The van der Waals surface area contributed by atoms with Gasteiger partial charge in [-0.25, -0.2) is 0 Å². The Kier molecular flexibility index (Phi) is 3.46. The van der Waals surface area contributed by atoms with Gasteiger partial charge in [0.15, 0.2) is 0 Å². The van der Waals surface area contributed by atoms with Crippen LogP contribution in [0.4, 0.5) is 0 Å². The molecule has 1 saturated heterocycles. The fourth-order valence-electron chi connectivity index (χ4n) is 1.53. The minimum absolute atomic E-state index is 0.495. The summed E-state index contributed by atoms with van der Waals surface area (Å²) in [5, 5.41) is 13.1. The van der Waals surface area contributed by atoms with E-state index in [0.29, 0.717) is 13.2 Å². The fourth-order valence-corrected chi connectivity index (χ4v) is 1.53. The lowest BCUT2D eigenvalue weighted by molar-refractivity contribution is -0.294. The van der Waals surface area contributed by atoms with Crippen LogP contribution in [0.1, 0.15) is 13.8 Å². The SMILES string of the molecule is CCOC1(O)CNCCN1CC. The number of β-amino-alcohol motifs (C(OH)–C–C–N with tert-alkyl or cyclic N) is 1. The lowest BCUT2D eigenvalue weighted by Gasteiger charge is -2.41. The van der Waals surface area contributed by atoms with E-state index in [2.05, 4.69) is 5.32 Å². The highest BCUT2D eigenvalue weighted by Crippen LogP contribution is 2.14. The number of hydrogen-bond acceptors (Lipinski definition) is 4. The predicted molar refractivity (Wildman–Crippen MR) is 46.7 cm³/mol. The van der Waals surface area contributed by atoms with Crippen LogP contribution in [0, 0.1) is 0 Å². The van der Waals surface area contributed by atoms with Gasteiger partial charge in [-0.05, 0) is 6.92 Å². The highest BCUT2D eigenvalue weighted by atomic mass is 16.6. The van der Waals surface area contributed by atoms with E-state index in [-0.39, 0.29) is 0 Å². The zero-order chi connectivity index (χ0) is 9.03. The van der Waals surface area contributed by atoms with Crippen molar-refractivity contribution in [3.8, 4) is 0 Å². The molecule has 0 aliphatic carbocycles. The first kappa shape index (κ1) is 9.92. The van der Waals surface area contributed by atoms with Gasteiger partial charge in [0.2, 0.25) is 5.91 Å². The maximum Gasteiger partial charge on any atom is 0.240 e. The molecule has 0 aromatic carbocycles. The number of aliphatic hydroxyl groups is 1. The van der Waals surface area contributed by atoms with Gasteiger partial charge < -0.3 is 15.2 Å². The molecule has 1 unspecified atom stereocenters. The van der Waals surface area contributed by atoms with Gasteiger partial charge in [-0.15, -0.1) is 0 Å². The predicted octanol–water partition coefficient (Wildman–Crippen LogP) is -0.406. The minimum atomic E-state index is -1.08. The van der Waals surface area contributed by atoms with Gasteiger partial charge in [-0.1, -0.05) is 6.92 Å². The Bertz CT molecular complexity index is 139. The van der Waals surface area contributed by atoms with Crippen molar-refractivity contribution in [2.45, 2.75) is 19.8 Å². The lowest BCUT2D eigenvalue weighted by atomic mass is 10.3. The van der Waals surface area contributed by atoms with Crippen molar-refractivity contribution in [1.29, 1.82) is 0 Å². The standard InChI is InChI=1S/C8H18N2O2/c1-3-10-6-5-9-7-8(10,11)12-4-2/h9,11H,3-7H2,1-2H3. The molecule has 1 fully saturated rings. The highest BCUT2D eigenvalue weighted by Gasteiger charge is 2.36. The molecule has 1 aliphatic rings. The number of nitrogens with one attached hydrogen (secondary N) is 1. The molecule has 12 heavy (non-hydrogen) atoms. The van der Waals surface area contributed by atoms with Gasteiger partial charge in [0.25, 0.3) is 0 Å². The van der Waals surface area contributed by atoms with Crippen LogP contribution in [-0.4, -0.2) is 48.7 Å². The number of rotatable bonds is 3. The summed E-state index contributed by atoms with van der Waals surface area (Å²) in [6, 6.07) is 0. The summed E-state index contributed by atoms with van der Waals surface area (Å²) in [6.07, 6.45) is 0. The van der Waals surface area contributed by atoms with Crippen molar-refractivity contribution in [3.63, 3.8) is 0 Å². The van der Waals surface area contributed by atoms with Gasteiger partial charge in [-0.3, -0.25) is 4.90 Å². The highest BCUT2D eigenvalue weighted by molar-refractivity contribution is 4.78. The summed E-state index contributed by atoms with van der Waals surface area (Å²) in [6.45, 7) is 7.52. The molecule has 1 atom stereocenters. The van der Waals surface area contributed by atoms with E-state index in [4.69, 9.17) is 4.74 Å². The Balaban J connectivity index is 2.55. The van der Waals surface area contributed by atoms with Crippen LogP contribution in [0.3, 0.4) is 0 Å². The number of hydrogen-bond donors (Lipinski definition) is 2. The Labute approximate surface area is 73.5 Å². The van der Waals surface area contributed by atoms with Crippen LogP contribution in [0.25, 0.3) is 0 Å². The summed E-state index contributed by atoms with van der Waals surface area (Å²) in [5.74, 6) is -1.08. The van der Waals surface area contributed by atoms with E-state index in [9.17, 15) is 5.11 Å². The molecule has 0 spiro atoms. The van der Waals surface area contributed by atoms with E-state index in [1.54, 1.807) is 0 Å². The fraction of sp³-hybridized carbons (Fsp3) is 1.00. The first-order valence-electron chi connectivity index (χ1n) is 4.55. The number of ether oxygens (including phenoxy) is 1. The summed E-state index contributed by atoms with van der Waals surface area (Å²) in [7, 11) is 0. The van der Waals surface area contributed by atoms with Gasteiger partial charge in [0, 0.05) is 26.2 Å². The molecular weight excluding hydrogens is 156 g/mol. The average Bonchev–Trinajstić information content (AvgIpc) is 2.05. The Morgan fingerprint density at radius 3 is 2.92 bits per heavy atom. The molecule has 0 radical (unpaired) electrons. The molecule has 0 aromatic rings. The van der Waals surface area contributed by atoms with Crippen LogP contribution in [0.15, 0.2) is 0 Å². The zero-order valence-corrected chi connectivity index (χ0v) is 7.84. The molecule has 0 saturated carbocycles. The van der Waals surface area contributed by atoms with E-state index in [1.807, 2.05) is 18.7 Å². The molecule has 0 amide bonds. The first-order valence-corrected chi connectivity index (χ1v) is 4.55. The molecule has 4 nitrogen and oxygen atoms in total. The smallest absolute Gasteiger partial charge is 0.240 e. The number of likely N-dealkylation sites (N-methyl/N-ethyl adjacent to an activating group) is 1. The van der Waals surface area contributed by atoms with Crippen molar-refractivity contribution in [1.82, 2.24) is 10.2 Å². The van der Waals surface area contributed by atoms with E-state index in [0.717, 1.165) is 19.6 Å². The Morgan fingerprint density at radius 1 is 1.58 bits per heavy atom. The van der Waals surface area contributed by atoms with Crippen LogP contribution < -0.4 is 5.32 Å². The first-order chi connectivity index (χ1) is 5.73. The Morgan fingerprint density at radius 2 is 2.33 bits per heavy atom. The molecule has 1 heterocycles. The maximum atomic E-state index is 9.97. The van der Waals surface area contributed by atoms with Crippen molar-refractivity contribution < 1.29 is 9.84 Å². The van der Waals surface area contributed by atoms with Gasteiger partial charge in [-0.2, -0.15) is 0 Å². The second kappa shape index (κ2) is 4.18. The quantitative estimate of drug-likeness (QED) is 0.571. The monoisotopic (exact) mass is 174 g/mol. The second-order valence-corrected chi connectivity index (χ2v) is 2.93. The normalized spacial score (nSPS) is 32.2. The van der Waals surface area contributed by atoms with Gasteiger partial charge in [0.1, 0.15) is 0 Å². The molecule has 1 aliphatic heterocycles. The molecule has 72 valence electrons. The second-order valence-electron chi connectivity index (χ2n) is 2.93. The van der Waals surface area contributed by atoms with Crippen molar-refractivity contribution in [2.75, 3.05) is 32.8 Å². The summed E-state index contributed by atoms with van der Waals surface area (Å²) < 4.78 is 5.29. The molecule has 1 rings (SSSR count). The van der Waals surface area contributed by atoms with Gasteiger partial charge >= 0.3 is 0 Å². The topological polar surface area (TPSA) is 44.7 Å². The number of piperazine rings is 1. The average molecular weight is 174 g/mol. The third kappa shape index (κ3) is 1.95. The third-order valence-corrected chi connectivity index (χ3v) is 2.17. The molecular formula is C8H18N2O2. The summed E-state index contributed by atoms with van der Waals surface area (Å²) >= 11 is 0. The largest absolute Gasteiger partial charge is 0.352 e. The van der Waals surface area contributed by atoms with Crippen molar-refractivity contribution in [2.24, 2.45) is 0 Å². The van der Waals surface area contributed by atoms with E-state index < -0.39 is 5.91 Å². The van der Waals surface area contributed by atoms with Crippen LogP contribution in [0.2, 0.25) is 0 Å². The lowest BCUT2D eigenvalue weighted by Crippen LogP contribution is -2.62. The summed E-state index contributed by atoms with van der Waals surface area (Å²) in [5.41, 5.74) is 0. The summed E-state index contributed by atoms with van der Waals surface area (Å²) in [4.78, 5) is 1.94. The van der Waals surface area contributed by atoms with E-state index in [1.165, 1.54) is 0 Å². The van der Waals surface area contributed by atoms with Crippen molar-refractivity contribution >= 4 is 0 Å². The maximum absolute atomic E-state index is 9.97. The van der Waals surface area contributed by atoms with Gasteiger partial charge in [0.05, 0.1) is 6.54 Å². The molecule has 0 aromatic heterocycles. The zero-order valence-electron chi connectivity index (χ0n) is 7.84. The van der Waals surface area contributed by atoms with Crippen molar-refractivity contribution in [3.05, 3.63) is 0 Å². The van der Waals surface area contributed by atoms with Crippen LogP contribution in [0.5, 0.6) is 0 Å². The molecule has 2 N–H and O–H groups in total.